The van der Waals surface area contributed by atoms with Crippen LogP contribution in [0.4, 0.5) is 4.39 Å². The molecule has 9 heteroatoms. The maximum Gasteiger partial charge on any atom is 0.252 e. The minimum absolute atomic E-state index is 0.140. The number of sulfonamides is 1. The minimum atomic E-state index is -3.47. The highest BCUT2D eigenvalue weighted by atomic mass is 79.9. The summed E-state index contributed by atoms with van der Waals surface area (Å²) in [5.41, 5.74) is 1.65. The van der Waals surface area contributed by atoms with E-state index in [9.17, 15) is 17.6 Å². The van der Waals surface area contributed by atoms with Gasteiger partial charge in [-0.15, -0.1) is 0 Å². The van der Waals surface area contributed by atoms with Crippen LogP contribution in [0.5, 0.6) is 0 Å². The third kappa shape index (κ3) is 5.16. The maximum absolute atomic E-state index is 13.2. The van der Waals surface area contributed by atoms with Gasteiger partial charge in [0, 0.05) is 24.1 Å². The molecule has 0 atom stereocenters. The van der Waals surface area contributed by atoms with Gasteiger partial charge >= 0.3 is 0 Å². The quantitative estimate of drug-likeness (QED) is 0.703. The number of benzene rings is 2. The highest BCUT2D eigenvalue weighted by molar-refractivity contribution is 9.10. The fraction of sp³-hybridized carbons (Fsp3) is 0.316. The molecular formula is C19H20BrFN2O4S. The molecule has 6 nitrogen and oxygen atoms in total. The number of carbonyl (C=O) groups is 1. The number of ether oxygens (including phenoxy) is 1. The molecule has 2 aromatic rings. The second-order valence-electron chi connectivity index (χ2n) is 6.34. The number of hydrogen-bond donors (Lipinski definition) is 1. The van der Waals surface area contributed by atoms with E-state index >= 15 is 0 Å². The zero-order valence-corrected chi connectivity index (χ0v) is 17.4. The number of hydrogen-bond acceptors (Lipinski definition) is 4. The summed E-state index contributed by atoms with van der Waals surface area (Å²) < 4.78 is 45.6. The second-order valence-corrected chi connectivity index (χ2v) is 9.17. The van der Waals surface area contributed by atoms with Crippen LogP contribution in [0.25, 0.3) is 0 Å². The summed E-state index contributed by atoms with van der Waals surface area (Å²) in [6, 6.07) is 10.9. The highest BCUT2D eigenvalue weighted by Crippen LogP contribution is 2.19. The van der Waals surface area contributed by atoms with Crippen molar-refractivity contribution in [2.75, 3.05) is 26.3 Å². The van der Waals surface area contributed by atoms with Crippen LogP contribution in [-0.2, 0) is 27.1 Å². The molecule has 1 N–H and O–H groups in total. The molecule has 0 unspecified atom stereocenters. The summed E-state index contributed by atoms with van der Waals surface area (Å²) in [5.74, 6) is -0.959. The number of rotatable bonds is 6. The normalized spacial score (nSPS) is 15.4. The third-order valence-electron chi connectivity index (χ3n) is 4.43. The molecular weight excluding hydrogens is 451 g/mol. The van der Waals surface area contributed by atoms with Crippen LogP contribution in [0.3, 0.4) is 0 Å². The number of morpholine rings is 1. The fourth-order valence-corrected chi connectivity index (χ4v) is 5.02. The second kappa shape index (κ2) is 9.13. The van der Waals surface area contributed by atoms with Gasteiger partial charge in [-0.25, -0.2) is 12.8 Å². The van der Waals surface area contributed by atoms with Gasteiger partial charge in [-0.05, 0) is 45.3 Å². The number of carbonyl (C=O) groups excluding carboxylic acids is 1. The summed E-state index contributed by atoms with van der Waals surface area (Å²) >= 11 is 3.18. The highest BCUT2D eigenvalue weighted by Gasteiger charge is 2.25. The smallest absolute Gasteiger partial charge is 0.252 e. The molecule has 28 heavy (non-hydrogen) atoms. The molecule has 1 amide bonds. The molecule has 0 bridgehead atoms. The lowest BCUT2D eigenvalue weighted by atomic mass is 10.1. The number of nitrogens with one attached hydrogen (secondary N) is 1. The summed E-state index contributed by atoms with van der Waals surface area (Å²) in [5, 5.41) is 2.76. The Kier molecular flexibility index (Phi) is 6.82. The molecule has 0 saturated carbocycles. The lowest BCUT2D eigenvalue weighted by molar-refractivity contribution is 0.0729. The monoisotopic (exact) mass is 470 g/mol. The van der Waals surface area contributed by atoms with Crippen molar-refractivity contribution >= 4 is 31.9 Å². The van der Waals surface area contributed by atoms with E-state index in [1.54, 1.807) is 24.3 Å². The van der Waals surface area contributed by atoms with Crippen molar-refractivity contribution < 1.29 is 22.3 Å². The van der Waals surface area contributed by atoms with Gasteiger partial charge in [0.05, 0.1) is 24.5 Å². The van der Waals surface area contributed by atoms with Crippen LogP contribution < -0.4 is 5.32 Å². The van der Waals surface area contributed by atoms with Gasteiger partial charge in [-0.3, -0.25) is 4.79 Å². The van der Waals surface area contributed by atoms with Gasteiger partial charge in [-0.1, -0.05) is 24.3 Å². The van der Waals surface area contributed by atoms with Crippen molar-refractivity contribution in [3.63, 3.8) is 0 Å². The summed E-state index contributed by atoms with van der Waals surface area (Å²) in [4.78, 5) is 12.4. The topological polar surface area (TPSA) is 75.7 Å². The fourth-order valence-electron chi connectivity index (χ4n) is 2.93. The Morgan fingerprint density at radius 1 is 1.14 bits per heavy atom. The van der Waals surface area contributed by atoms with E-state index < -0.39 is 15.8 Å². The van der Waals surface area contributed by atoms with Gasteiger partial charge in [0.25, 0.3) is 5.91 Å². The van der Waals surface area contributed by atoms with Crippen molar-refractivity contribution in [1.29, 1.82) is 0 Å². The average molecular weight is 471 g/mol. The van der Waals surface area contributed by atoms with Gasteiger partial charge in [0.15, 0.2) is 0 Å². The van der Waals surface area contributed by atoms with Gasteiger partial charge in [-0.2, -0.15) is 4.31 Å². The Bertz CT molecular complexity index is 962. The average Bonchev–Trinajstić information content (AvgIpc) is 2.67. The first-order valence-electron chi connectivity index (χ1n) is 8.72. The van der Waals surface area contributed by atoms with E-state index in [1.807, 2.05) is 0 Å². The molecule has 0 aliphatic carbocycles. The van der Waals surface area contributed by atoms with E-state index in [0.29, 0.717) is 47.5 Å². The Morgan fingerprint density at radius 2 is 1.82 bits per heavy atom. The van der Waals surface area contributed by atoms with E-state index in [4.69, 9.17) is 4.74 Å². The molecule has 0 radical (unpaired) electrons. The van der Waals surface area contributed by atoms with E-state index in [0.717, 1.165) is 0 Å². The van der Waals surface area contributed by atoms with Crippen molar-refractivity contribution in [1.82, 2.24) is 9.62 Å². The molecule has 1 aliphatic heterocycles. The SMILES string of the molecule is O=C(NCc1ccccc1CS(=O)(=O)N1CCOCC1)c1ccc(F)cc1Br. The van der Waals surface area contributed by atoms with Gasteiger partial charge in [0.1, 0.15) is 5.82 Å². The Morgan fingerprint density at radius 3 is 2.50 bits per heavy atom. The lowest BCUT2D eigenvalue weighted by Gasteiger charge is -2.26. The van der Waals surface area contributed by atoms with Crippen LogP contribution >= 0.6 is 15.9 Å². The van der Waals surface area contributed by atoms with Crippen molar-refractivity contribution in [3.8, 4) is 0 Å². The summed E-state index contributed by atoms with van der Waals surface area (Å²) in [6.07, 6.45) is 0. The van der Waals surface area contributed by atoms with E-state index in [-0.39, 0.29) is 18.2 Å². The molecule has 3 rings (SSSR count). The predicted octanol–water partition coefficient (Wildman–Crippen LogP) is 2.68. The summed E-state index contributed by atoms with van der Waals surface area (Å²) in [6.45, 7) is 1.64. The third-order valence-corrected chi connectivity index (χ3v) is 6.92. The number of halogens is 2. The molecule has 1 fully saturated rings. The molecule has 150 valence electrons. The minimum Gasteiger partial charge on any atom is -0.379 e. The van der Waals surface area contributed by atoms with Crippen LogP contribution in [0, 0.1) is 5.82 Å². The molecule has 2 aromatic carbocycles. The predicted molar refractivity (Wildman–Crippen MR) is 107 cm³/mol. The molecule has 0 spiro atoms. The zero-order valence-electron chi connectivity index (χ0n) is 15.0. The van der Waals surface area contributed by atoms with Crippen molar-refractivity contribution in [2.45, 2.75) is 12.3 Å². The van der Waals surface area contributed by atoms with Crippen LogP contribution in [0.1, 0.15) is 21.5 Å². The van der Waals surface area contributed by atoms with Crippen LogP contribution in [0.2, 0.25) is 0 Å². The standard InChI is InChI=1S/C19H20BrFN2O4S/c20-18-11-16(21)5-6-17(18)19(24)22-12-14-3-1-2-4-15(14)13-28(25,26)23-7-9-27-10-8-23/h1-6,11H,7-10,12-13H2,(H,22,24). The lowest BCUT2D eigenvalue weighted by Crippen LogP contribution is -2.41. The molecule has 0 aromatic heterocycles. The molecule has 1 aliphatic rings. The van der Waals surface area contributed by atoms with Crippen molar-refractivity contribution in [2.24, 2.45) is 0 Å². The van der Waals surface area contributed by atoms with E-state index in [1.165, 1.54) is 22.5 Å². The van der Waals surface area contributed by atoms with E-state index in [2.05, 4.69) is 21.2 Å². The first kappa shape index (κ1) is 20.9. The zero-order chi connectivity index (χ0) is 20.1. The Balaban J connectivity index is 1.71. The first-order valence-corrected chi connectivity index (χ1v) is 11.1. The molecule has 1 saturated heterocycles. The number of nitrogens with zero attached hydrogens (tertiary/aromatic N) is 1. The Labute approximate surface area is 171 Å². The summed E-state index contributed by atoms with van der Waals surface area (Å²) in [7, 11) is -3.47. The van der Waals surface area contributed by atoms with Crippen LogP contribution in [-0.4, -0.2) is 44.9 Å². The number of amides is 1. The van der Waals surface area contributed by atoms with Crippen molar-refractivity contribution in [3.05, 3.63) is 69.4 Å². The van der Waals surface area contributed by atoms with Gasteiger partial charge < -0.3 is 10.1 Å². The maximum atomic E-state index is 13.2. The van der Waals surface area contributed by atoms with Gasteiger partial charge in [0.2, 0.25) is 10.0 Å². The van der Waals surface area contributed by atoms with Crippen LogP contribution in [0.15, 0.2) is 46.9 Å². The largest absolute Gasteiger partial charge is 0.379 e. The molecule has 1 heterocycles. The Hall–Kier alpha value is -1.81. The first-order chi connectivity index (χ1) is 13.4.